The van der Waals surface area contributed by atoms with Gasteiger partial charge in [0.05, 0.1) is 0 Å². The first kappa shape index (κ1) is 15.4. The third-order valence-electron chi connectivity index (χ3n) is 2.28. The summed E-state index contributed by atoms with van der Waals surface area (Å²) in [6.07, 6.45) is 0.973. The molecule has 1 aromatic rings. The zero-order chi connectivity index (χ0) is 13.2. The molecule has 1 N–H and O–H groups in total. The van der Waals surface area contributed by atoms with Gasteiger partial charge in [0.2, 0.25) is 0 Å². The highest BCUT2D eigenvalue weighted by Gasteiger charge is 2.02. The summed E-state index contributed by atoms with van der Waals surface area (Å²) >= 11 is 3.20. The van der Waals surface area contributed by atoms with Crippen LogP contribution < -0.4 is 10.1 Å². The molecule has 0 spiro atoms. The Morgan fingerprint density at radius 3 is 2.83 bits per heavy atom. The number of ether oxygens (including phenoxy) is 2. The summed E-state index contributed by atoms with van der Waals surface area (Å²) < 4.78 is 24.6. The topological polar surface area (TPSA) is 30.5 Å². The van der Waals surface area contributed by atoms with Crippen LogP contribution in [0, 0.1) is 5.82 Å². The van der Waals surface area contributed by atoms with Crippen LogP contribution in [0.4, 0.5) is 4.39 Å². The molecule has 0 fully saturated rings. The third kappa shape index (κ3) is 6.33. The molecule has 5 heteroatoms. The van der Waals surface area contributed by atoms with Crippen molar-refractivity contribution < 1.29 is 13.9 Å². The Bertz CT molecular complexity index is 350. The van der Waals surface area contributed by atoms with E-state index in [0.717, 1.165) is 26.2 Å². The Morgan fingerprint density at radius 1 is 1.28 bits per heavy atom. The first-order valence-corrected chi connectivity index (χ1v) is 6.89. The predicted molar refractivity (Wildman–Crippen MR) is 73.6 cm³/mol. The fourth-order valence-electron chi connectivity index (χ4n) is 1.39. The molecule has 0 saturated carbocycles. The van der Waals surface area contributed by atoms with Crippen LogP contribution in [0.5, 0.6) is 5.75 Å². The Kier molecular flexibility index (Phi) is 7.96. The number of rotatable bonds is 9. The lowest BCUT2D eigenvalue weighted by atomic mass is 10.3. The minimum absolute atomic E-state index is 0.286. The van der Waals surface area contributed by atoms with Crippen molar-refractivity contribution in [3.8, 4) is 5.75 Å². The van der Waals surface area contributed by atoms with Gasteiger partial charge < -0.3 is 14.8 Å². The van der Waals surface area contributed by atoms with E-state index >= 15 is 0 Å². The summed E-state index contributed by atoms with van der Waals surface area (Å²) in [5.74, 6) is -0.0602. The van der Waals surface area contributed by atoms with Gasteiger partial charge in [0.15, 0.2) is 11.6 Å². The fourth-order valence-corrected chi connectivity index (χ4v) is 1.73. The SMILES string of the molecule is CCOCCCNCCOc1ccc(Br)cc1F. The second kappa shape index (κ2) is 9.30. The van der Waals surface area contributed by atoms with E-state index in [-0.39, 0.29) is 11.6 Å². The Balaban J connectivity index is 2.07. The normalized spacial score (nSPS) is 10.6. The summed E-state index contributed by atoms with van der Waals surface area (Å²) in [4.78, 5) is 0. The molecular weight excluding hydrogens is 301 g/mol. The maximum Gasteiger partial charge on any atom is 0.166 e. The summed E-state index contributed by atoms with van der Waals surface area (Å²) in [6, 6.07) is 4.77. The lowest BCUT2D eigenvalue weighted by Gasteiger charge is -2.08. The molecule has 0 aliphatic heterocycles. The van der Waals surface area contributed by atoms with Crippen LogP contribution in [0.1, 0.15) is 13.3 Å². The summed E-state index contributed by atoms with van der Waals surface area (Å²) in [7, 11) is 0. The van der Waals surface area contributed by atoms with Crippen LogP contribution in [-0.2, 0) is 4.74 Å². The summed E-state index contributed by atoms with van der Waals surface area (Å²) in [6.45, 7) is 5.53. The van der Waals surface area contributed by atoms with Gasteiger partial charge in [-0.25, -0.2) is 4.39 Å². The average Bonchev–Trinajstić information content (AvgIpc) is 2.35. The highest BCUT2D eigenvalue weighted by molar-refractivity contribution is 9.10. The number of hydrogen-bond acceptors (Lipinski definition) is 3. The van der Waals surface area contributed by atoms with Gasteiger partial charge in [0.1, 0.15) is 6.61 Å². The van der Waals surface area contributed by atoms with Crippen LogP contribution in [0.2, 0.25) is 0 Å². The molecule has 18 heavy (non-hydrogen) atoms. The zero-order valence-corrected chi connectivity index (χ0v) is 12.1. The monoisotopic (exact) mass is 319 g/mol. The van der Waals surface area contributed by atoms with Gasteiger partial charge in [-0.05, 0) is 38.1 Å². The molecule has 0 amide bonds. The van der Waals surface area contributed by atoms with E-state index in [2.05, 4.69) is 21.2 Å². The van der Waals surface area contributed by atoms with Crippen molar-refractivity contribution in [2.75, 3.05) is 32.9 Å². The Hall–Kier alpha value is -0.650. The van der Waals surface area contributed by atoms with Gasteiger partial charge in [-0.15, -0.1) is 0 Å². The zero-order valence-electron chi connectivity index (χ0n) is 10.5. The van der Waals surface area contributed by atoms with Crippen molar-refractivity contribution in [1.29, 1.82) is 0 Å². The molecule has 0 unspecified atom stereocenters. The number of benzene rings is 1. The molecule has 0 atom stereocenters. The third-order valence-corrected chi connectivity index (χ3v) is 2.77. The van der Waals surface area contributed by atoms with Crippen molar-refractivity contribution in [2.45, 2.75) is 13.3 Å². The molecule has 0 heterocycles. The quantitative estimate of drug-likeness (QED) is 0.710. The molecule has 0 radical (unpaired) electrons. The maximum absolute atomic E-state index is 13.4. The van der Waals surface area contributed by atoms with E-state index in [1.807, 2.05) is 6.92 Å². The van der Waals surface area contributed by atoms with E-state index in [4.69, 9.17) is 9.47 Å². The van der Waals surface area contributed by atoms with Gasteiger partial charge in [0.25, 0.3) is 0 Å². The van der Waals surface area contributed by atoms with Crippen molar-refractivity contribution in [3.63, 3.8) is 0 Å². The molecule has 102 valence electrons. The first-order chi connectivity index (χ1) is 8.74. The number of halogens is 2. The van der Waals surface area contributed by atoms with Gasteiger partial charge in [0, 0.05) is 24.2 Å². The second-order valence-electron chi connectivity index (χ2n) is 3.72. The molecule has 0 saturated heterocycles. The van der Waals surface area contributed by atoms with Crippen LogP contribution in [-0.4, -0.2) is 32.9 Å². The molecule has 0 bridgehead atoms. The van der Waals surface area contributed by atoms with Crippen molar-refractivity contribution >= 4 is 15.9 Å². The lowest BCUT2D eigenvalue weighted by molar-refractivity contribution is 0.144. The number of nitrogens with one attached hydrogen (secondary N) is 1. The smallest absolute Gasteiger partial charge is 0.166 e. The molecule has 1 aromatic carbocycles. The molecule has 3 nitrogen and oxygen atoms in total. The van der Waals surface area contributed by atoms with E-state index < -0.39 is 0 Å². The fraction of sp³-hybridized carbons (Fsp3) is 0.538. The van der Waals surface area contributed by atoms with Crippen LogP contribution in [0.25, 0.3) is 0 Å². The van der Waals surface area contributed by atoms with Crippen LogP contribution in [0.3, 0.4) is 0 Å². The van der Waals surface area contributed by atoms with Crippen molar-refractivity contribution in [2.24, 2.45) is 0 Å². The first-order valence-electron chi connectivity index (χ1n) is 6.10. The summed E-state index contributed by atoms with van der Waals surface area (Å²) in [5, 5.41) is 3.21. The minimum Gasteiger partial charge on any atom is -0.489 e. The average molecular weight is 320 g/mol. The van der Waals surface area contributed by atoms with E-state index in [9.17, 15) is 4.39 Å². The second-order valence-corrected chi connectivity index (χ2v) is 4.64. The minimum atomic E-state index is -0.347. The summed E-state index contributed by atoms with van der Waals surface area (Å²) in [5.41, 5.74) is 0. The molecule has 0 aliphatic carbocycles. The van der Waals surface area contributed by atoms with Gasteiger partial charge in [-0.3, -0.25) is 0 Å². The number of hydrogen-bond donors (Lipinski definition) is 1. The largest absolute Gasteiger partial charge is 0.489 e. The highest BCUT2D eigenvalue weighted by atomic mass is 79.9. The van der Waals surface area contributed by atoms with Crippen LogP contribution in [0.15, 0.2) is 22.7 Å². The Morgan fingerprint density at radius 2 is 2.11 bits per heavy atom. The lowest BCUT2D eigenvalue weighted by Crippen LogP contribution is -2.23. The van der Waals surface area contributed by atoms with Gasteiger partial charge in [-0.2, -0.15) is 0 Å². The molecule has 0 aliphatic rings. The molecule has 1 rings (SSSR count). The van der Waals surface area contributed by atoms with Gasteiger partial charge in [-0.1, -0.05) is 15.9 Å². The van der Waals surface area contributed by atoms with Gasteiger partial charge >= 0.3 is 0 Å². The Labute approximate surface area is 116 Å². The maximum atomic E-state index is 13.4. The van der Waals surface area contributed by atoms with Crippen LogP contribution >= 0.6 is 15.9 Å². The standard InChI is InChI=1S/C13H19BrFNO2/c1-2-17-8-3-6-16-7-9-18-13-5-4-11(14)10-12(13)15/h4-5,10,16H,2-3,6-9H2,1H3. The van der Waals surface area contributed by atoms with E-state index in [1.54, 1.807) is 12.1 Å². The van der Waals surface area contributed by atoms with E-state index in [0.29, 0.717) is 17.6 Å². The highest BCUT2D eigenvalue weighted by Crippen LogP contribution is 2.21. The molecule has 0 aromatic heterocycles. The predicted octanol–water partition coefficient (Wildman–Crippen LogP) is 2.98. The molecular formula is C13H19BrFNO2. The van der Waals surface area contributed by atoms with Crippen molar-refractivity contribution in [3.05, 3.63) is 28.5 Å². The van der Waals surface area contributed by atoms with E-state index in [1.165, 1.54) is 6.07 Å². The van der Waals surface area contributed by atoms with Crippen molar-refractivity contribution in [1.82, 2.24) is 5.32 Å².